The maximum absolute atomic E-state index is 10.9. The molecule has 0 aromatic heterocycles. The van der Waals surface area contributed by atoms with E-state index < -0.39 is 18.1 Å². The van der Waals surface area contributed by atoms with Gasteiger partial charge in [-0.15, -0.1) is 0 Å². The molecule has 0 heterocycles. The van der Waals surface area contributed by atoms with Crippen LogP contribution in [0.5, 0.6) is 0 Å². The van der Waals surface area contributed by atoms with Gasteiger partial charge in [0.2, 0.25) is 0 Å². The van der Waals surface area contributed by atoms with Crippen LogP contribution in [0.25, 0.3) is 0 Å². The fraction of sp³-hybridized carbons (Fsp3) is 0.900. The molecule has 0 radical (unpaired) electrons. The first-order valence-electron chi connectivity index (χ1n) is 4.76. The zero-order chi connectivity index (χ0) is 11.5. The summed E-state index contributed by atoms with van der Waals surface area (Å²) in [4.78, 5) is 12.5. The summed E-state index contributed by atoms with van der Waals surface area (Å²) in [5.74, 6) is -0.980. The van der Waals surface area contributed by atoms with E-state index in [4.69, 9.17) is 5.11 Å². The minimum absolute atomic E-state index is 0.0251. The van der Waals surface area contributed by atoms with Crippen molar-refractivity contribution in [1.29, 1.82) is 0 Å². The SMILES string of the molecule is CC(O)C(C(=O)O)N(C)CC(C)(C)C. The van der Waals surface area contributed by atoms with E-state index in [0.717, 1.165) is 0 Å². The molecule has 0 saturated carbocycles. The van der Waals surface area contributed by atoms with Crippen LogP contribution >= 0.6 is 0 Å². The minimum atomic E-state index is -0.980. The summed E-state index contributed by atoms with van der Waals surface area (Å²) in [5.41, 5.74) is 0.0251. The lowest BCUT2D eigenvalue weighted by Gasteiger charge is -2.32. The smallest absolute Gasteiger partial charge is 0.323 e. The number of rotatable bonds is 4. The highest BCUT2D eigenvalue weighted by Gasteiger charge is 2.29. The molecule has 0 aliphatic rings. The number of hydrogen-bond acceptors (Lipinski definition) is 3. The topological polar surface area (TPSA) is 60.8 Å². The quantitative estimate of drug-likeness (QED) is 0.709. The summed E-state index contributed by atoms with van der Waals surface area (Å²) in [7, 11) is 1.72. The number of aliphatic hydroxyl groups is 1. The zero-order valence-electron chi connectivity index (χ0n) is 9.61. The highest BCUT2D eigenvalue weighted by atomic mass is 16.4. The van der Waals surface area contributed by atoms with Crippen LogP contribution in [0.1, 0.15) is 27.7 Å². The number of carbonyl (C=O) groups is 1. The summed E-state index contributed by atoms with van der Waals surface area (Å²) < 4.78 is 0. The molecule has 0 spiro atoms. The molecule has 14 heavy (non-hydrogen) atoms. The standard InChI is InChI=1S/C10H21NO3/c1-7(12)8(9(13)14)11(5)6-10(2,3)4/h7-8,12H,6H2,1-5H3,(H,13,14). The lowest BCUT2D eigenvalue weighted by molar-refractivity contribution is -0.147. The largest absolute Gasteiger partial charge is 0.480 e. The van der Waals surface area contributed by atoms with E-state index in [0.29, 0.717) is 6.54 Å². The second kappa shape index (κ2) is 4.75. The minimum Gasteiger partial charge on any atom is -0.480 e. The van der Waals surface area contributed by atoms with E-state index >= 15 is 0 Å². The van der Waals surface area contributed by atoms with Gasteiger partial charge in [-0.1, -0.05) is 20.8 Å². The molecule has 0 aromatic rings. The second-order valence-corrected chi connectivity index (χ2v) is 5.00. The Kier molecular flexibility index (Phi) is 4.55. The number of aliphatic hydroxyl groups excluding tert-OH is 1. The monoisotopic (exact) mass is 203 g/mol. The molecular formula is C10H21NO3. The molecule has 0 saturated heterocycles. The highest BCUT2D eigenvalue weighted by Crippen LogP contribution is 2.16. The number of carboxylic acids is 1. The molecule has 0 rings (SSSR count). The summed E-state index contributed by atoms with van der Waals surface area (Å²) >= 11 is 0. The maximum Gasteiger partial charge on any atom is 0.323 e. The number of likely N-dealkylation sites (N-methyl/N-ethyl adjacent to an activating group) is 1. The molecule has 0 fully saturated rings. The van der Waals surface area contributed by atoms with Crippen LogP contribution in [0.3, 0.4) is 0 Å². The van der Waals surface area contributed by atoms with Crippen LogP contribution in [0.2, 0.25) is 0 Å². The van der Waals surface area contributed by atoms with E-state index in [2.05, 4.69) is 0 Å². The Bertz CT molecular complexity index is 196. The van der Waals surface area contributed by atoms with Crippen molar-refractivity contribution in [2.75, 3.05) is 13.6 Å². The van der Waals surface area contributed by atoms with Crippen molar-refractivity contribution in [2.24, 2.45) is 5.41 Å². The molecule has 2 unspecified atom stereocenters. The van der Waals surface area contributed by atoms with Crippen molar-refractivity contribution >= 4 is 5.97 Å². The summed E-state index contributed by atoms with van der Waals surface area (Å²) in [5, 5.41) is 18.2. The van der Waals surface area contributed by atoms with Gasteiger partial charge in [-0.3, -0.25) is 9.69 Å². The number of carboxylic acid groups (broad SMARTS) is 1. The Hall–Kier alpha value is -0.610. The molecule has 0 amide bonds. The van der Waals surface area contributed by atoms with Gasteiger partial charge >= 0.3 is 5.97 Å². The third-order valence-corrected chi connectivity index (χ3v) is 1.91. The molecule has 0 bridgehead atoms. The van der Waals surface area contributed by atoms with E-state index in [1.54, 1.807) is 11.9 Å². The fourth-order valence-corrected chi connectivity index (χ4v) is 1.61. The van der Waals surface area contributed by atoms with Gasteiger partial charge in [0.25, 0.3) is 0 Å². The molecule has 4 heteroatoms. The molecule has 0 aliphatic carbocycles. The molecule has 2 atom stereocenters. The Labute approximate surface area is 85.5 Å². The van der Waals surface area contributed by atoms with Crippen molar-refractivity contribution in [3.05, 3.63) is 0 Å². The molecule has 0 aromatic carbocycles. The van der Waals surface area contributed by atoms with Crippen LogP contribution in [-0.4, -0.2) is 46.8 Å². The van der Waals surface area contributed by atoms with Gasteiger partial charge in [0.15, 0.2) is 0 Å². The third-order valence-electron chi connectivity index (χ3n) is 1.91. The summed E-state index contributed by atoms with van der Waals surface area (Å²) in [6.07, 6.45) is -0.861. The molecule has 4 nitrogen and oxygen atoms in total. The fourth-order valence-electron chi connectivity index (χ4n) is 1.61. The normalized spacial score (nSPS) is 16.8. The summed E-state index contributed by atoms with van der Waals surface area (Å²) in [6.45, 7) is 8.23. The first-order chi connectivity index (χ1) is 6.15. The number of aliphatic carboxylic acids is 1. The van der Waals surface area contributed by atoms with Crippen molar-refractivity contribution in [1.82, 2.24) is 4.90 Å². The van der Waals surface area contributed by atoms with Crippen molar-refractivity contribution < 1.29 is 15.0 Å². The predicted molar refractivity (Wildman–Crippen MR) is 55.2 cm³/mol. The van der Waals surface area contributed by atoms with Gasteiger partial charge in [-0.2, -0.15) is 0 Å². The van der Waals surface area contributed by atoms with Crippen LogP contribution in [0.15, 0.2) is 0 Å². The molecule has 2 N–H and O–H groups in total. The van der Waals surface area contributed by atoms with E-state index in [1.807, 2.05) is 20.8 Å². The Balaban J connectivity index is 4.46. The van der Waals surface area contributed by atoms with E-state index in [9.17, 15) is 9.90 Å². The maximum atomic E-state index is 10.9. The van der Waals surface area contributed by atoms with Crippen LogP contribution in [-0.2, 0) is 4.79 Å². The first kappa shape index (κ1) is 13.4. The highest BCUT2D eigenvalue weighted by molar-refractivity contribution is 5.74. The zero-order valence-corrected chi connectivity index (χ0v) is 9.61. The second-order valence-electron chi connectivity index (χ2n) is 5.00. The van der Waals surface area contributed by atoms with Crippen molar-refractivity contribution in [3.8, 4) is 0 Å². The van der Waals surface area contributed by atoms with Gasteiger partial charge in [-0.25, -0.2) is 0 Å². The average molecular weight is 203 g/mol. The Morgan fingerprint density at radius 1 is 1.43 bits per heavy atom. The van der Waals surface area contributed by atoms with E-state index in [1.165, 1.54) is 6.92 Å². The van der Waals surface area contributed by atoms with Gasteiger partial charge in [0.1, 0.15) is 6.04 Å². The molecule has 0 aliphatic heterocycles. The molecular weight excluding hydrogens is 182 g/mol. The Morgan fingerprint density at radius 3 is 2.07 bits per heavy atom. The third kappa shape index (κ3) is 4.58. The van der Waals surface area contributed by atoms with Gasteiger partial charge < -0.3 is 10.2 Å². The Morgan fingerprint density at radius 2 is 1.86 bits per heavy atom. The van der Waals surface area contributed by atoms with Crippen molar-refractivity contribution in [2.45, 2.75) is 39.8 Å². The summed E-state index contributed by atoms with van der Waals surface area (Å²) in [6, 6.07) is -0.825. The first-order valence-corrected chi connectivity index (χ1v) is 4.76. The van der Waals surface area contributed by atoms with Crippen molar-refractivity contribution in [3.63, 3.8) is 0 Å². The predicted octanol–water partition coefficient (Wildman–Crippen LogP) is 0.798. The van der Waals surface area contributed by atoms with Crippen LogP contribution in [0.4, 0.5) is 0 Å². The molecule has 84 valence electrons. The van der Waals surface area contributed by atoms with Crippen LogP contribution in [0, 0.1) is 5.41 Å². The average Bonchev–Trinajstić information content (AvgIpc) is 1.78. The van der Waals surface area contributed by atoms with Gasteiger partial charge in [0.05, 0.1) is 6.10 Å². The van der Waals surface area contributed by atoms with Gasteiger partial charge in [0, 0.05) is 6.54 Å². The lowest BCUT2D eigenvalue weighted by atomic mass is 9.95. The van der Waals surface area contributed by atoms with Gasteiger partial charge in [-0.05, 0) is 19.4 Å². The lowest BCUT2D eigenvalue weighted by Crippen LogP contribution is -2.48. The number of nitrogens with zero attached hydrogens (tertiary/aromatic N) is 1. The number of hydrogen-bond donors (Lipinski definition) is 2. The van der Waals surface area contributed by atoms with E-state index in [-0.39, 0.29) is 5.41 Å². The van der Waals surface area contributed by atoms with Crippen LogP contribution < -0.4 is 0 Å².